The second kappa shape index (κ2) is 10.6. The summed E-state index contributed by atoms with van der Waals surface area (Å²) in [4.78, 5) is 17.6. The van der Waals surface area contributed by atoms with Gasteiger partial charge >= 0.3 is 0 Å². The van der Waals surface area contributed by atoms with E-state index in [0.29, 0.717) is 23.1 Å². The van der Waals surface area contributed by atoms with Crippen LogP contribution in [0.2, 0.25) is 0 Å². The fraction of sp³-hybridized carbons (Fsp3) is 0.480. The number of amides is 1. The molecular weight excluding hydrogens is 390 g/mol. The molecule has 1 unspecified atom stereocenters. The summed E-state index contributed by atoms with van der Waals surface area (Å²) in [5.41, 5.74) is 3.34. The number of nitrogens with one attached hydrogen (secondary N) is 1. The minimum atomic E-state index is -0.219. The first-order valence-corrected chi connectivity index (χ1v) is 11.0. The van der Waals surface area contributed by atoms with Crippen molar-refractivity contribution in [2.24, 2.45) is 0 Å². The van der Waals surface area contributed by atoms with Crippen LogP contribution >= 0.6 is 0 Å². The molecule has 0 aromatic heterocycles. The Morgan fingerprint density at radius 1 is 0.968 bits per heavy atom. The Labute approximate surface area is 186 Å². The molecule has 3 rings (SSSR count). The summed E-state index contributed by atoms with van der Waals surface area (Å²) in [7, 11) is 3.20. The number of methoxy groups -OCH3 is 2. The van der Waals surface area contributed by atoms with Crippen molar-refractivity contribution in [1.29, 1.82) is 0 Å². The Balaban J connectivity index is 1.52. The minimum absolute atomic E-state index is 0.0377. The summed E-state index contributed by atoms with van der Waals surface area (Å²) in [6.07, 6.45) is 0. The first-order valence-electron chi connectivity index (χ1n) is 11.0. The molecule has 6 nitrogen and oxygen atoms in total. The van der Waals surface area contributed by atoms with E-state index in [9.17, 15) is 4.79 Å². The maximum absolute atomic E-state index is 12.9. The molecule has 2 aromatic rings. The zero-order valence-electron chi connectivity index (χ0n) is 19.4. The van der Waals surface area contributed by atoms with Crippen LogP contribution < -0.4 is 14.8 Å². The molecular formula is C25H35N3O3. The van der Waals surface area contributed by atoms with Crippen LogP contribution in [0, 0.1) is 0 Å². The minimum Gasteiger partial charge on any atom is -0.497 e. The molecule has 1 aliphatic heterocycles. The molecule has 1 heterocycles. The van der Waals surface area contributed by atoms with E-state index in [-0.39, 0.29) is 11.9 Å². The van der Waals surface area contributed by atoms with Gasteiger partial charge in [-0.3, -0.25) is 14.6 Å². The number of ether oxygens (including phenoxy) is 2. The topological polar surface area (TPSA) is 54.0 Å². The van der Waals surface area contributed by atoms with Crippen LogP contribution in [0.1, 0.15) is 37.8 Å². The molecule has 2 aromatic carbocycles. The molecule has 1 aliphatic rings. The summed E-state index contributed by atoms with van der Waals surface area (Å²) in [6.45, 7) is 11.0. The number of carbonyl (C=O) groups excluding carboxylic acids is 1. The lowest BCUT2D eigenvalue weighted by Crippen LogP contribution is -2.52. The fourth-order valence-electron chi connectivity index (χ4n) is 3.89. The fourth-order valence-corrected chi connectivity index (χ4v) is 3.89. The van der Waals surface area contributed by atoms with Gasteiger partial charge in [0, 0.05) is 38.8 Å². The van der Waals surface area contributed by atoms with Gasteiger partial charge in [0.1, 0.15) is 11.5 Å². The second-order valence-electron chi connectivity index (χ2n) is 8.44. The van der Waals surface area contributed by atoms with Gasteiger partial charge in [-0.25, -0.2) is 0 Å². The summed E-state index contributed by atoms with van der Waals surface area (Å²) in [5.74, 6) is 1.82. The van der Waals surface area contributed by atoms with Crippen molar-refractivity contribution in [3.05, 3.63) is 53.6 Å². The summed E-state index contributed by atoms with van der Waals surface area (Å²) in [6, 6.07) is 14.1. The van der Waals surface area contributed by atoms with E-state index >= 15 is 0 Å². The molecule has 1 N–H and O–H groups in total. The van der Waals surface area contributed by atoms with Crippen molar-refractivity contribution >= 4 is 11.6 Å². The highest BCUT2D eigenvalue weighted by Gasteiger charge is 2.26. The number of benzene rings is 2. The highest BCUT2D eigenvalue weighted by molar-refractivity contribution is 5.96. The second-order valence-corrected chi connectivity index (χ2v) is 8.44. The summed E-state index contributed by atoms with van der Waals surface area (Å²) >= 11 is 0. The molecule has 0 aliphatic carbocycles. The Hall–Kier alpha value is -2.57. The lowest BCUT2D eigenvalue weighted by Gasteiger charge is -2.37. The molecule has 0 bridgehead atoms. The van der Waals surface area contributed by atoms with E-state index in [1.807, 2.05) is 13.0 Å². The number of piperazine rings is 1. The number of hydrogen-bond acceptors (Lipinski definition) is 5. The van der Waals surface area contributed by atoms with Gasteiger partial charge in [-0.15, -0.1) is 0 Å². The average Bonchev–Trinajstić information content (AvgIpc) is 2.79. The van der Waals surface area contributed by atoms with Crippen molar-refractivity contribution in [3.63, 3.8) is 0 Å². The quantitative estimate of drug-likeness (QED) is 0.694. The van der Waals surface area contributed by atoms with Gasteiger partial charge in [-0.1, -0.05) is 38.1 Å². The van der Waals surface area contributed by atoms with E-state index in [4.69, 9.17) is 9.47 Å². The SMILES string of the molecule is COc1ccc(OC)c(NC(=O)C(C)N2CCN(Cc3ccc(C(C)C)cc3)CC2)c1. The third-order valence-electron chi connectivity index (χ3n) is 6.05. The van der Waals surface area contributed by atoms with Gasteiger partial charge in [0.2, 0.25) is 5.91 Å². The number of hydrogen-bond donors (Lipinski definition) is 1. The van der Waals surface area contributed by atoms with Gasteiger partial charge in [-0.2, -0.15) is 0 Å². The average molecular weight is 426 g/mol. The highest BCUT2D eigenvalue weighted by Crippen LogP contribution is 2.29. The van der Waals surface area contributed by atoms with Gasteiger partial charge in [0.25, 0.3) is 0 Å². The van der Waals surface area contributed by atoms with Crippen LogP contribution in [-0.2, 0) is 11.3 Å². The number of nitrogens with zero attached hydrogens (tertiary/aromatic N) is 2. The van der Waals surface area contributed by atoms with Gasteiger partial charge in [0.15, 0.2) is 0 Å². The number of anilines is 1. The predicted molar refractivity (Wildman–Crippen MR) is 125 cm³/mol. The number of carbonyl (C=O) groups is 1. The molecule has 0 radical (unpaired) electrons. The largest absolute Gasteiger partial charge is 0.497 e. The molecule has 0 saturated carbocycles. The normalized spacial score (nSPS) is 16.2. The summed E-state index contributed by atoms with van der Waals surface area (Å²) in [5, 5.41) is 3.00. The number of rotatable bonds is 8. The van der Waals surface area contributed by atoms with Crippen molar-refractivity contribution in [1.82, 2.24) is 9.80 Å². The zero-order valence-corrected chi connectivity index (χ0v) is 19.4. The standard InChI is InChI=1S/C25H35N3O3/c1-18(2)21-8-6-20(7-9-21)17-27-12-14-28(15-13-27)19(3)25(29)26-23-16-22(30-4)10-11-24(23)31-5/h6-11,16,18-19H,12-15,17H2,1-5H3,(H,26,29). The molecule has 31 heavy (non-hydrogen) atoms. The third kappa shape index (κ3) is 5.99. The zero-order chi connectivity index (χ0) is 22.4. The van der Waals surface area contributed by atoms with Crippen molar-refractivity contribution < 1.29 is 14.3 Å². The maximum atomic E-state index is 12.9. The van der Waals surface area contributed by atoms with Crippen LogP contribution in [0.3, 0.4) is 0 Å². The monoisotopic (exact) mass is 425 g/mol. The van der Waals surface area contributed by atoms with Crippen molar-refractivity contribution in [2.75, 3.05) is 45.7 Å². The lowest BCUT2D eigenvalue weighted by molar-refractivity contribution is -0.121. The first-order chi connectivity index (χ1) is 14.9. The predicted octanol–water partition coefficient (Wildman–Crippen LogP) is 3.97. The van der Waals surface area contributed by atoms with Crippen LogP contribution in [-0.4, -0.2) is 62.1 Å². The van der Waals surface area contributed by atoms with E-state index in [2.05, 4.69) is 53.2 Å². The molecule has 6 heteroatoms. The Morgan fingerprint density at radius 3 is 2.23 bits per heavy atom. The Morgan fingerprint density at radius 2 is 1.65 bits per heavy atom. The van der Waals surface area contributed by atoms with Gasteiger partial charge in [0.05, 0.1) is 25.9 Å². The van der Waals surface area contributed by atoms with Crippen molar-refractivity contribution in [2.45, 2.75) is 39.3 Å². The van der Waals surface area contributed by atoms with E-state index in [1.165, 1.54) is 11.1 Å². The van der Waals surface area contributed by atoms with E-state index in [1.54, 1.807) is 26.4 Å². The molecule has 1 fully saturated rings. The van der Waals surface area contributed by atoms with E-state index in [0.717, 1.165) is 32.7 Å². The smallest absolute Gasteiger partial charge is 0.241 e. The Bertz CT molecular complexity index is 859. The lowest BCUT2D eigenvalue weighted by atomic mass is 10.0. The van der Waals surface area contributed by atoms with Gasteiger partial charge in [-0.05, 0) is 36.1 Å². The molecule has 1 atom stereocenters. The molecule has 168 valence electrons. The summed E-state index contributed by atoms with van der Waals surface area (Å²) < 4.78 is 10.6. The Kier molecular flexibility index (Phi) is 7.93. The molecule has 1 saturated heterocycles. The molecule has 1 amide bonds. The van der Waals surface area contributed by atoms with Crippen LogP contribution in [0.4, 0.5) is 5.69 Å². The molecule has 0 spiro atoms. The first kappa shape index (κ1) is 23.1. The van der Waals surface area contributed by atoms with E-state index < -0.39 is 0 Å². The highest BCUT2D eigenvalue weighted by atomic mass is 16.5. The third-order valence-corrected chi connectivity index (χ3v) is 6.05. The van der Waals surface area contributed by atoms with Crippen LogP contribution in [0.25, 0.3) is 0 Å². The van der Waals surface area contributed by atoms with Crippen molar-refractivity contribution in [3.8, 4) is 11.5 Å². The maximum Gasteiger partial charge on any atom is 0.241 e. The van der Waals surface area contributed by atoms with Crippen LogP contribution in [0.5, 0.6) is 11.5 Å². The van der Waals surface area contributed by atoms with Crippen LogP contribution in [0.15, 0.2) is 42.5 Å². The van der Waals surface area contributed by atoms with Gasteiger partial charge < -0.3 is 14.8 Å².